The molecule has 6 atom stereocenters. The smallest absolute Gasteiger partial charge is 0.155 e. The number of hydrogen-bond donors (Lipinski definition) is 0. The van der Waals surface area contributed by atoms with Gasteiger partial charge in [-0.1, -0.05) is 138 Å². The molecule has 0 N–H and O–H groups in total. The van der Waals surface area contributed by atoms with Gasteiger partial charge in [-0.3, -0.25) is 0 Å². The van der Waals surface area contributed by atoms with Crippen LogP contribution in [-0.4, -0.2) is 197 Å². The van der Waals surface area contributed by atoms with Crippen molar-refractivity contribution in [3.8, 4) is 6.07 Å². The van der Waals surface area contributed by atoms with Crippen molar-refractivity contribution in [2.45, 2.75) is 392 Å². The molecule has 4 heterocycles. The van der Waals surface area contributed by atoms with Crippen LogP contribution in [0.4, 0.5) is 22.7 Å². The highest BCUT2D eigenvalue weighted by molar-refractivity contribution is 7.93. The third kappa shape index (κ3) is 40.5. The molecule has 7 aliphatic rings. The summed E-state index contributed by atoms with van der Waals surface area (Å²) in [5.74, 6) is 4.93. The fourth-order valence-electron chi connectivity index (χ4n) is 20.0. The molecule has 4 aliphatic heterocycles. The van der Waals surface area contributed by atoms with Gasteiger partial charge in [-0.25, -0.2) is 42.1 Å². The zero-order valence-electron chi connectivity index (χ0n) is 88.4. The minimum absolute atomic E-state index is 0.246. The van der Waals surface area contributed by atoms with E-state index in [0.29, 0.717) is 58.0 Å². The van der Waals surface area contributed by atoms with Crippen LogP contribution in [0.15, 0.2) is 121 Å². The second-order valence-electron chi connectivity index (χ2n) is 45.9. The minimum atomic E-state index is -3.01. The van der Waals surface area contributed by atoms with E-state index < -0.39 is 68.2 Å². The number of sulfone groups is 5. The van der Waals surface area contributed by atoms with Crippen molar-refractivity contribution in [3.05, 3.63) is 155 Å². The van der Waals surface area contributed by atoms with Gasteiger partial charge in [0.1, 0.15) is 0 Å². The highest BCUT2D eigenvalue weighted by Crippen LogP contribution is 2.39. The first-order valence-electron chi connectivity index (χ1n) is 52.8. The Labute approximate surface area is 834 Å². The zero-order chi connectivity index (χ0) is 101. The Morgan fingerprint density at radius 1 is 0.321 bits per heavy atom. The van der Waals surface area contributed by atoms with E-state index in [-0.39, 0.29) is 41.9 Å². The van der Waals surface area contributed by atoms with Crippen molar-refractivity contribution < 1.29 is 61.0 Å². The summed E-state index contributed by atoms with van der Waals surface area (Å²) in [6.45, 7) is 47.3. The zero-order valence-corrected chi connectivity index (χ0v) is 92.4. The topological polar surface area (TPSA) is 244 Å². The van der Waals surface area contributed by atoms with Crippen LogP contribution in [0.2, 0.25) is 0 Å². The molecule has 19 nitrogen and oxygen atoms in total. The molecule has 24 heteroatoms. The Kier molecular flexibility index (Phi) is 46.7. The summed E-state index contributed by atoms with van der Waals surface area (Å²) >= 11 is 0. The molecule has 137 heavy (non-hydrogen) atoms. The predicted molar refractivity (Wildman–Crippen MR) is 575 cm³/mol. The summed E-state index contributed by atoms with van der Waals surface area (Å²) in [7, 11) is -14.8. The summed E-state index contributed by atoms with van der Waals surface area (Å²) in [6.07, 6.45) is 34.5. The summed E-state index contributed by atoms with van der Waals surface area (Å²) in [6, 6.07) is 45.9. The normalized spacial score (nSPS) is 23.5. The molecule has 0 unspecified atom stereocenters. The Morgan fingerprint density at radius 3 is 0.920 bits per heavy atom. The van der Waals surface area contributed by atoms with Gasteiger partial charge in [-0.2, -0.15) is 5.26 Å². The largest absolute Gasteiger partial charge is 0.378 e. The van der Waals surface area contributed by atoms with E-state index in [4.69, 9.17) is 24.2 Å². The molecule has 0 spiro atoms. The Hall–Kier alpha value is -5.62. The van der Waals surface area contributed by atoms with Gasteiger partial charge in [-0.15, -0.1) is 0 Å². The van der Waals surface area contributed by atoms with Crippen LogP contribution >= 0.6 is 0 Å². The second-order valence-corrected chi connectivity index (χ2v) is 59.8. The van der Waals surface area contributed by atoms with Crippen LogP contribution < -0.4 is 19.6 Å². The van der Waals surface area contributed by atoms with E-state index in [2.05, 4.69) is 164 Å². The first-order valence-corrected chi connectivity index (χ1v) is 61.2. The first-order chi connectivity index (χ1) is 64.3. The fraction of sp³-hybridized carbons (Fsp3) is 0.726. The lowest BCUT2D eigenvalue weighted by Gasteiger charge is -2.37. The van der Waals surface area contributed by atoms with Crippen molar-refractivity contribution >= 4 is 71.9 Å². The average Bonchev–Trinajstić information content (AvgIpc) is 0.809. The number of rotatable bonds is 36. The Balaban J connectivity index is 0.000000211. The summed E-state index contributed by atoms with van der Waals surface area (Å²) in [5.41, 5.74) is 12.8. The summed E-state index contributed by atoms with van der Waals surface area (Å²) in [5, 5.41) is 8.58. The maximum absolute atomic E-state index is 12.5. The lowest BCUT2D eigenvalue weighted by molar-refractivity contribution is -0.00548. The second kappa shape index (κ2) is 54.9. The predicted octanol–water partition coefficient (Wildman–Crippen LogP) is 23.9. The van der Waals surface area contributed by atoms with Crippen molar-refractivity contribution in [1.29, 1.82) is 5.26 Å². The third-order valence-electron chi connectivity index (χ3n) is 29.5. The number of hydrogen-bond acceptors (Lipinski definition) is 19. The molecule has 7 fully saturated rings. The molecular weight excluding hydrogens is 1810 g/mol. The number of morpholine rings is 4. The first kappa shape index (κ1) is 117. The van der Waals surface area contributed by atoms with Gasteiger partial charge in [-0.05, 0) is 378 Å². The van der Waals surface area contributed by atoms with E-state index in [1.165, 1.54) is 102 Å². The molecular formula is C113H183N5O14S5. The van der Waals surface area contributed by atoms with Crippen LogP contribution in [0.5, 0.6) is 0 Å². The fourth-order valence-corrected chi connectivity index (χ4v) is 26.6. The number of nitrogens with zero attached hydrogens (tertiary/aromatic N) is 5. The van der Waals surface area contributed by atoms with Crippen LogP contribution in [-0.2, 0) is 100 Å². The van der Waals surface area contributed by atoms with Crippen molar-refractivity contribution in [2.24, 2.45) is 35.5 Å². The molecule has 0 bridgehead atoms. The molecule has 12 rings (SSSR count). The Morgan fingerprint density at radius 2 is 0.599 bits per heavy atom. The Bertz CT molecular complexity index is 4960. The quantitative estimate of drug-likeness (QED) is 0.0338. The highest BCUT2D eigenvalue weighted by Gasteiger charge is 2.38. The maximum Gasteiger partial charge on any atom is 0.155 e. The van der Waals surface area contributed by atoms with Gasteiger partial charge in [0.05, 0.1) is 114 Å². The van der Waals surface area contributed by atoms with Crippen molar-refractivity contribution in [2.75, 3.05) is 114 Å². The van der Waals surface area contributed by atoms with Gasteiger partial charge in [0.15, 0.2) is 49.2 Å². The standard InChI is InChI=1S/C25H41NO3S.C23H37NO3S.C23H39NO3S.C22H37NO3S.C20H29NO2S/c1-19-16-26(17-20(2)29-19)24-8-6-7-22(15-24)12-9-21-10-13-23(14-11-21)18-30(27,28)25(3,4)5;1-23(2,3)28(25,26)18-21-11-8-19(9-12-21)7-10-20-5-4-6-22(17-20)24-13-15-27-16-14-24;1-19-17-24(18-20(2)27-19)22-14-12-21(13-15-22)11-9-7-6-8-10-16-28(25,26)23(3,4)5;1-18(2)27(24,25)15-9-7-5-6-8-10-21-11-13-22(14-12-21)23-16-19(3)26-20(4)17-23;1-20(2,3)24(22,23)15-19-12-8-17(9-13-19)5-4-16-6-10-18(14-21)11-7-16/h6-8,15,19-21,23H,9-14,16-18H2,1-5H3;4-6,17,19,21H,7-16,18H2,1-3H3;12-15,19-20H,6-11,16-18H2,1-5H3;11-14,18-20H,5-10,15-17H2,1-4H3;6-7,10-11,17,19H,4-5,8-9,12-13,15H2,1-3H3/t19-,20+,21?,23?;;2*19-,20+;. The van der Waals surface area contributed by atoms with Crippen LogP contribution in [0, 0.1) is 46.8 Å². The molecule has 3 aliphatic carbocycles. The van der Waals surface area contributed by atoms with E-state index in [9.17, 15) is 42.1 Å². The van der Waals surface area contributed by atoms with E-state index >= 15 is 0 Å². The molecule has 3 saturated carbocycles. The van der Waals surface area contributed by atoms with Gasteiger partial charge < -0.3 is 38.5 Å². The van der Waals surface area contributed by atoms with Crippen molar-refractivity contribution in [1.82, 2.24) is 0 Å². The van der Waals surface area contributed by atoms with Gasteiger partial charge in [0, 0.05) is 75.1 Å². The van der Waals surface area contributed by atoms with Gasteiger partial charge in [0.25, 0.3) is 0 Å². The molecule has 0 amide bonds. The van der Waals surface area contributed by atoms with E-state index in [1.54, 1.807) is 55.4 Å². The summed E-state index contributed by atoms with van der Waals surface area (Å²) < 4.78 is 143. The van der Waals surface area contributed by atoms with Crippen LogP contribution in [0.1, 0.15) is 332 Å². The lowest BCUT2D eigenvalue weighted by atomic mass is 9.80. The summed E-state index contributed by atoms with van der Waals surface area (Å²) in [4.78, 5) is 9.68. The maximum atomic E-state index is 12.5. The van der Waals surface area contributed by atoms with Gasteiger partial charge in [0.2, 0.25) is 0 Å². The van der Waals surface area contributed by atoms with E-state index in [0.717, 1.165) is 219 Å². The number of unbranched alkanes of at least 4 members (excludes halogenated alkanes) is 8. The van der Waals surface area contributed by atoms with Gasteiger partial charge >= 0.3 is 0 Å². The van der Waals surface area contributed by atoms with Crippen molar-refractivity contribution in [3.63, 3.8) is 0 Å². The molecule has 5 aromatic carbocycles. The van der Waals surface area contributed by atoms with E-state index in [1.807, 2.05) is 65.8 Å². The highest BCUT2D eigenvalue weighted by atomic mass is 32.2. The molecule has 774 valence electrons. The van der Waals surface area contributed by atoms with Crippen LogP contribution in [0.3, 0.4) is 0 Å². The number of ether oxygens (including phenoxy) is 4. The molecule has 4 saturated heterocycles. The monoisotopic (exact) mass is 1990 g/mol. The number of nitriles is 1. The van der Waals surface area contributed by atoms with Crippen LogP contribution in [0.25, 0.3) is 0 Å². The minimum Gasteiger partial charge on any atom is -0.378 e. The average molecular weight is 2000 g/mol. The lowest BCUT2D eigenvalue weighted by Crippen LogP contribution is -2.45. The third-order valence-corrected chi connectivity index (χ3v) is 42.8. The number of anilines is 4. The number of benzene rings is 5. The SMILES string of the molecule is CC(C)(C)S(=O)(=O)CC1CCC(CCc2ccc(C#N)cc2)CC1.CC(C)(C)S(=O)(=O)CC1CCC(CCc2cccc(N3CCOCC3)c2)CC1.CC(C)S(=O)(=O)CCCCCCCc1ccc(N2C[C@@H](C)O[C@@H](C)C2)cc1.C[C@@H]1CN(c2ccc(CCCCCCCS(=O)(=O)C(C)(C)C)cc2)C[C@H](C)O1.C[C@@H]1CN(c2cccc(CCC3CCC(CS(=O)(=O)C(C)(C)C)CC3)c2)C[C@H](C)O1. The molecule has 0 radical (unpaired) electrons. The molecule has 5 aromatic rings. The number of aryl methyl sites for hydroxylation is 5. The molecule has 0 aromatic heterocycles.